The van der Waals surface area contributed by atoms with Crippen molar-refractivity contribution in [3.05, 3.63) is 29.3 Å². The fraction of sp³-hybridized carbons (Fsp3) is 0.400. The summed E-state index contributed by atoms with van der Waals surface area (Å²) in [5.74, 6) is 0.815. The van der Waals surface area contributed by atoms with Crippen LogP contribution in [0.1, 0.15) is 30.9 Å². The topological polar surface area (TPSA) is 20.2 Å². The van der Waals surface area contributed by atoms with Crippen LogP contribution >= 0.6 is 0 Å². The molecule has 12 heavy (non-hydrogen) atoms. The average Bonchev–Trinajstić information content (AvgIpc) is 1.85. The van der Waals surface area contributed by atoms with Crippen molar-refractivity contribution >= 4 is 0 Å². The van der Waals surface area contributed by atoms with Crippen molar-refractivity contribution in [1.82, 2.24) is 0 Å². The van der Waals surface area contributed by atoms with Gasteiger partial charge in [-0.2, -0.15) is 0 Å². The van der Waals surface area contributed by atoms with Crippen molar-refractivity contribution in [1.29, 1.82) is 0 Å². The minimum absolute atomic E-state index is 0. The summed E-state index contributed by atoms with van der Waals surface area (Å²) in [5.41, 5.74) is 2.13. The second-order valence-electron chi connectivity index (χ2n) is 3.22. The first-order valence-electron chi connectivity index (χ1n) is 3.91. The molecule has 0 aliphatic rings. The zero-order valence-electron chi connectivity index (χ0n) is 7.56. The Morgan fingerprint density at radius 2 is 1.83 bits per heavy atom. The van der Waals surface area contributed by atoms with E-state index in [1.807, 2.05) is 19.1 Å². The molecule has 0 unspecified atom stereocenters. The third-order valence-corrected chi connectivity index (χ3v) is 1.81. The zero-order valence-corrected chi connectivity index (χ0v) is 8.50. The van der Waals surface area contributed by atoms with E-state index in [0.29, 0.717) is 11.7 Å². The summed E-state index contributed by atoms with van der Waals surface area (Å²) in [6, 6.07) is 5.81. The van der Waals surface area contributed by atoms with E-state index in [0.717, 1.165) is 11.1 Å². The third kappa shape index (κ3) is 2.54. The van der Waals surface area contributed by atoms with E-state index >= 15 is 0 Å². The van der Waals surface area contributed by atoms with Crippen molar-refractivity contribution in [3.8, 4) is 5.75 Å². The van der Waals surface area contributed by atoms with Gasteiger partial charge in [0.2, 0.25) is 0 Å². The van der Waals surface area contributed by atoms with Crippen LogP contribution in [-0.4, -0.2) is 5.11 Å². The van der Waals surface area contributed by atoms with Gasteiger partial charge >= 0.3 is 0 Å². The molecule has 0 atom stereocenters. The Hall–Kier alpha value is -0.461. The Kier molecular flexibility index (Phi) is 4.36. The van der Waals surface area contributed by atoms with Gasteiger partial charge in [-0.15, -0.1) is 0 Å². The molecule has 1 aromatic carbocycles. The fourth-order valence-corrected chi connectivity index (χ4v) is 1.14. The molecule has 0 saturated heterocycles. The third-order valence-electron chi connectivity index (χ3n) is 1.81. The first-order chi connectivity index (χ1) is 5.11. The van der Waals surface area contributed by atoms with Crippen LogP contribution in [0.4, 0.5) is 0 Å². The smallest absolute Gasteiger partial charge is 0.119 e. The van der Waals surface area contributed by atoms with Crippen molar-refractivity contribution in [3.63, 3.8) is 0 Å². The van der Waals surface area contributed by atoms with Gasteiger partial charge in [0.15, 0.2) is 0 Å². The number of phenols is 1. The molecule has 0 aromatic heterocycles. The van der Waals surface area contributed by atoms with Crippen LogP contribution in [0.25, 0.3) is 0 Å². The molecule has 0 heterocycles. The van der Waals surface area contributed by atoms with Gasteiger partial charge in [0.05, 0.1) is 0 Å². The maximum Gasteiger partial charge on any atom is 0.119 e. The number of hydrogen-bond donors (Lipinski definition) is 1. The quantitative estimate of drug-likeness (QED) is 0.712. The van der Waals surface area contributed by atoms with Gasteiger partial charge in [-0.25, -0.2) is 0 Å². The molecule has 2 heteroatoms. The van der Waals surface area contributed by atoms with Crippen molar-refractivity contribution in [2.24, 2.45) is 0 Å². The van der Waals surface area contributed by atoms with Gasteiger partial charge in [0.25, 0.3) is 0 Å². The zero-order chi connectivity index (χ0) is 8.43. The first-order valence-corrected chi connectivity index (χ1v) is 3.91. The monoisotopic (exact) mass is 213 g/mol. The van der Waals surface area contributed by atoms with Crippen LogP contribution in [-0.2, 0) is 17.1 Å². The number of hydrogen-bond acceptors (Lipinski definition) is 1. The molecular formula is C10H14CuO. The predicted octanol–water partition coefficient (Wildman–Crippen LogP) is 2.82. The van der Waals surface area contributed by atoms with Gasteiger partial charge in [-0.1, -0.05) is 26.0 Å². The SMILES string of the molecule is Cc1ccc(C(C)C)c(O)c1.[Cu]. The van der Waals surface area contributed by atoms with Crippen LogP contribution in [0.15, 0.2) is 18.2 Å². The van der Waals surface area contributed by atoms with E-state index in [1.54, 1.807) is 6.07 Å². The number of rotatable bonds is 1. The predicted molar refractivity (Wildman–Crippen MR) is 46.9 cm³/mol. The second kappa shape index (κ2) is 4.54. The molecule has 0 spiro atoms. The normalized spacial score (nSPS) is 9.67. The van der Waals surface area contributed by atoms with Crippen LogP contribution in [0.2, 0.25) is 0 Å². The summed E-state index contributed by atoms with van der Waals surface area (Å²) in [7, 11) is 0. The summed E-state index contributed by atoms with van der Waals surface area (Å²) in [4.78, 5) is 0. The molecule has 0 fully saturated rings. The van der Waals surface area contributed by atoms with Gasteiger partial charge in [-0.05, 0) is 30.0 Å². The molecule has 1 radical (unpaired) electrons. The maximum absolute atomic E-state index is 9.46. The van der Waals surface area contributed by atoms with Gasteiger partial charge < -0.3 is 5.11 Å². The molecule has 0 saturated carbocycles. The maximum atomic E-state index is 9.46. The number of aryl methyl sites for hydroxylation is 1. The summed E-state index contributed by atoms with van der Waals surface area (Å²) >= 11 is 0. The van der Waals surface area contributed by atoms with Gasteiger partial charge in [0.1, 0.15) is 5.75 Å². The second-order valence-corrected chi connectivity index (χ2v) is 3.22. The molecular weight excluding hydrogens is 200 g/mol. The molecule has 1 aromatic rings. The van der Waals surface area contributed by atoms with Crippen molar-refractivity contribution in [2.45, 2.75) is 26.7 Å². The van der Waals surface area contributed by atoms with Crippen LogP contribution in [0, 0.1) is 6.92 Å². The summed E-state index contributed by atoms with van der Waals surface area (Å²) < 4.78 is 0. The molecule has 1 nitrogen and oxygen atoms in total. The number of aromatic hydroxyl groups is 1. The summed E-state index contributed by atoms with van der Waals surface area (Å²) in [6.45, 7) is 6.12. The largest absolute Gasteiger partial charge is 0.508 e. The Labute approximate surface area is 84.3 Å². The molecule has 71 valence electrons. The van der Waals surface area contributed by atoms with Crippen molar-refractivity contribution in [2.75, 3.05) is 0 Å². The van der Waals surface area contributed by atoms with E-state index in [2.05, 4.69) is 13.8 Å². The Balaban J connectivity index is 0.00000121. The summed E-state index contributed by atoms with van der Waals surface area (Å²) in [5, 5.41) is 9.46. The Bertz CT molecular complexity index is 256. The number of phenolic OH excluding ortho intramolecular Hbond substituents is 1. The molecule has 1 N–H and O–H groups in total. The van der Waals surface area contributed by atoms with Gasteiger partial charge in [0, 0.05) is 17.1 Å². The molecule has 0 aliphatic carbocycles. The minimum atomic E-state index is 0. The van der Waals surface area contributed by atoms with E-state index in [4.69, 9.17) is 0 Å². The van der Waals surface area contributed by atoms with E-state index in [9.17, 15) is 5.11 Å². The fourth-order valence-electron chi connectivity index (χ4n) is 1.14. The average molecular weight is 214 g/mol. The first kappa shape index (κ1) is 11.5. The van der Waals surface area contributed by atoms with E-state index in [1.165, 1.54) is 0 Å². The van der Waals surface area contributed by atoms with Crippen LogP contribution in [0.5, 0.6) is 5.75 Å². The van der Waals surface area contributed by atoms with E-state index in [-0.39, 0.29) is 17.1 Å². The number of benzene rings is 1. The van der Waals surface area contributed by atoms with Gasteiger partial charge in [-0.3, -0.25) is 0 Å². The Morgan fingerprint density at radius 1 is 1.25 bits per heavy atom. The Morgan fingerprint density at radius 3 is 2.25 bits per heavy atom. The van der Waals surface area contributed by atoms with Crippen LogP contribution in [0.3, 0.4) is 0 Å². The molecule has 0 aliphatic heterocycles. The van der Waals surface area contributed by atoms with Crippen LogP contribution < -0.4 is 0 Å². The summed E-state index contributed by atoms with van der Waals surface area (Å²) in [6.07, 6.45) is 0. The van der Waals surface area contributed by atoms with Crippen molar-refractivity contribution < 1.29 is 22.2 Å². The standard InChI is InChI=1S/C10H14O.Cu/c1-7(2)9-5-4-8(3)6-10(9)11;/h4-7,11H,1-3H3;. The molecule has 0 bridgehead atoms. The molecule has 1 rings (SSSR count). The molecule has 0 amide bonds. The van der Waals surface area contributed by atoms with E-state index < -0.39 is 0 Å². The minimum Gasteiger partial charge on any atom is -0.508 e.